The van der Waals surface area contributed by atoms with Gasteiger partial charge in [0.25, 0.3) is 5.91 Å². The van der Waals surface area contributed by atoms with E-state index >= 15 is 0 Å². The minimum absolute atomic E-state index is 0.0125. The molecule has 3 rings (SSSR count). The first-order valence-electron chi connectivity index (χ1n) is 7.66. The van der Waals surface area contributed by atoms with Crippen molar-refractivity contribution in [3.8, 4) is 0 Å². The van der Waals surface area contributed by atoms with Gasteiger partial charge in [-0.05, 0) is 13.8 Å². The van der Waals surface area contributed by atoms with Crippen molar-refractivity contribution in [3.05, 3.63) is 17.2 Å². The van der Waals surface area contributed by atoms with Gasteiger partial charge in [0.15, 0.2) is 6.10 Å². The van der Waals surface area contributed by atoms with E-state index in [1.165, 1.54) is 12.6 Å². The Bertz CT molecular complexity index is 610. The monoisotopic (exact) mass is 306 g/mol. The molecule has 2 amide bonds. The fourth-order valence-electron chi connectivity index (χ4n) is 3.09. The van der Waals surface area contributed by atoms with Crippen LogP contribution in [0.5, 0.6) is 0 Å². The molecule has 1 atom stereocenters. The summed E-state index contributed by atoms with van der Waals surface area (Å²) in [7, 11) is 0. The number of amides is 2. The van der Waals surface area contributed by atoms with Crippen molar-refractivity contribution in [1.29, 1.82) is 0 Å². The molecular weight excluding hydrogens is 284 g/mol. The maximum atomic E-state index is 12.6. The molecule has 22 heavy (non-hydrogen) atoms. The number of imidazole rings is 1. The SMILES string of the molecule is CC(=O)N1CCOC(C(=O)N2CCn3c(nc(C)c3C)C2)C1. The molecule has 2 aliphatic heterocycles. The molecule has 1 unspecified atom stereocenters. The molecule has 0 spiro atoms. The van der Waals surface area contributed by atoms with Crippen LogP contribution in [-0.4, -0.2) is 63.5 Å². The van der Waals surface area contributed by atoms with E-state index in [0.717, 1.165) is 18.1 Å². The van der Waals surface area contributed by atoms with Crippen LogP contribution >= 0.6 is 0 Å². The molecule has 0 saturated carbocycles. The van der Waals surface area contributed by atoms with Gasteiger partial charge in [0, 0.05) is 32.3 Å². The molecule has 1 aromatic rings. The number of carbonyl (C=O) groups is 2. The van der Waals surface area contributed by atoms with E-state index in [9.17, 15) is 9.59 Å². The van der Waals surface area contributed by atoms with Gasteiger partial charge in [0.2, 0.25) is 5.91 Å². The van der Waals surface area contributed by atoms with Gasteiger partial charge in [-0.1, -0.05) is 0 Å². The Hall–Kier alpha value is -1.89. The largest absolute Gasteiger partial charge is 0.365 e. The Morgan fingerprint density at radius 3 is 2.68 bits per heavy atom. The van der Waals surface area contributed by atoms with Crippen LogP contribution in [0.1, 0.15) is 24.1 Å². The Morgan fingerprint density at radius 1 is 1.18 bits per heavy atom. The van der Waals surface area contributed by atoms with Crippen LogP contribution in [0.3, 0.4) is 0 Å². The number of aromatic nitrogens is 2. The Morgan fingerprint density at radius 2 is 1.95 bits per heavy atom. The average Bonchev–Trinajstić information content (AvgIpc) is 2.81. The van der Waals surface area contributed by atoms with Crippen LogP contribution in [0.15, 0.2) is 0 Å². The van der Waals surface area contributed by atoms with Crippen LogP contribution in [0.2, 0.25) is 0 Å². The molecule has 7 nitrogen and oxygen atoms in total. The summed E-state index contributed by atoms with van der Waals surface area (Å²) in [5.74, 6) is 0.867. The van der Waals surface area contributed by atoms with Crippen molar-refractivity contribution in [2.75, 3.05) is 26.2 Å². The van der Waals surface area contributed by atoms with E-state index < -0.39 is 6.10 Å². The summed E-state index contributed by atoms with van der Waals surface area (Å²) in [6.07, 6.45) is -0.554. The van der Waals surface area contributed by atoms with E-state index in [0.29, 0.717) is 32.8 Å². The molecule has 1 fully saturated rings. The maximum absolute atomic E-state index is 12.6. The topological polar surface area (TPSA) is 67.7 Å². The summed E-state index contributed by atoms with van der Waals surface area (Å²) < 4.78 is 7.75. The van der Waals surface area contributed by atoms with Gasteiger partial charge in [-0.15, -0.1) is 0 Å². The Labute approximate surface area is 129 Å². The highest BCUT2D eigenvalue weighted by atomic mass is 16.5. The summed E-state index contributed by atoms with van der Waals surface area (Å²) in [5.41, 5.74) is 2.18. The maximum Gasteiger partial charge on any atom is 0.254 e. The smallest absolute Gasteiger partial charge is 0.254 e. The van der Waals surface area contributed by atoms with Crippen LogP contribution in [0, 0.1) is 13.8 Å². The van der Waals surface area contributed by atoms with Crippen molar-refractivity contribution in [3.63, 3.8) is 0 Å². The first kappa shape index (κ1) is 15.0. The summed E-state index contributed by atoms with van der Waals surface area (Å²) in [4.78, 5) is 32.1. The third-order valence-electron chi connectivity index (χ3n) is 4.56. The highest BCUT2D eigenvalue weighted by molar-refractivity contribution is 5.82. The molecule has 0 aromatic carbocycles. The lowest BCUT2D eigenvalue weighted by atomic mass is 10.2. The summed E-state index contributed by atoms with van der Waals surface area (Å²) >= 11 is 0. The van der Waals surface area contributed by atoms with Gasteiger partial charge in [0.05, 0.1) is 25.4 Å². The standard InChI is InChI=1S/C15H22N4O3/c1-10-11(2)19-5-4-18(9-14(19)16-10)15(21)13-8-17(12(3)20)6-7-22-13/h13H,4-9H2,1-3H3. The second-order valence-electron chi connectivity index (χ2n) is 5.93. The first-order valence-corrected chi connectivity index (χ1v) is 7.66. The molecule has 3 heterocycles. The molecule has 1 saturated heterocycles. The van der Waals surface area contributed by atoms with Gasteiger partial charge in [-0.2, -0.15) is 0 Å². The van der Waals surface area contributed by atoms with Crippen LogP contribution < -0.4 is 0 Å². The number of hydrogen-bond donors (Lipinski definition) is 0. The lowest BCUT2D eigenvalue weighted by molar-refractivity contribution is -0.154. The lowest BCUT2D eigenvalue weighted by Crippen LogP contribution is -2.53. The molecule has 2 aliphatic rings. The molecule has 7 heteroatoms. The van der Waals surface area contributed by atoms with E-state index in [-0.39, 0.29) is 11.8 Å². The third kappa shape index (κ3) is 2.61. The minimum atomic E-state index is -0.554. The fourth-order valence-corrected chi connectivity index (χ4v) is 3.09. The van der Waals surface area contributed by atoms with E-state index in [1.54, 1.807) is 9.80 Å². The summed E-state index contributed by atoms with van der Waals surface area (Å²) in [6, 6.07) is 0. The summed E-state index contributed by atoms with van der Waals surface area (Å²) in [6.45, 7) is 8.80. The Kier molecular flexibility index (Phi) is 3.90. The van der Waals surface area contributed by atoms with Crippen molar-refractivity contribution in [2.45, 2.75) is 40.0 Å². The number of nitrogens with zero attached hydrogens (tertiary/aromatic N) is 4. The van der Waals surface area contributed by atoms with Crippen LogP contribution in [0.25, 0.3) is 0 Å². The van der Waals surface area contributed by atoms with E-state index in [2.05, 4.69) is 16.5 Å². The van der Waals surface area contributed by atoms with Crippen molar-refractivity contribution in [2.24, 2.45) is 0 Å². The molecular formula is C15H22N4O3. The van der Waals surface area contributed by atoms with E-state index in [4.69, 9.17) is 4.74 Å². The minimum Gasteiger partial charge on any atom is -0.365 e. The van der Waals surface area contributed by atoms with Gasteiger partial charge < -0.3 is 19.1 Å². The molecule has 120 valence electrons. The number of aryl methyl sites for hydroxylation is 1. The molecule has 1 aromatic heterocycles. The number of hydrogen-bond acceptors (Lipinski definition) is 4. The van der Waals surface area contributed by atoms with Crippen molar-refractivity contribution >= 4 is 11.8 Å². The predicted molar refractivity (Wildman–Crippen MR) is 79.1 cm³/mol. The third-order valence-corrected chi connectivity index (χ3v) is 4.56. The number of morpholine rings is 1. The Balaban J connectivity index is 1.70. The highest BCUT2D eigenvalue weighted by Crippen LogP contribution is 2.19. The highest BCUT2D eigenvalue weighted by Gasteiger charge is 2.33. The zero-order valence-corrected chi connectivity index (χ0v) is 13.3. The second kappa shape index (κ2) is 5.72. The zero-order chi connectivity index (χ0) is 15.9. The number of fused-ring (bicyclic) bond motifs is 1. The predicted octanol–water partition coefficient (Wildman–Crippen LogP) is 0.0894. The first-order chi connectivity index (χ1) is 10.5. The number of ether oxygens (including phenoxy) is 1. The average molecular weight is 306 g/mol. The van der Waals surface area contributed by atoms with Gasteiger partial charge >= 0.3 is 0 Å². The van der Waals surface area contributed by atoms with Crippen LogP contribution in [-0.2, 0) is 27.4 Å². The van der Waals surface area contributed by atoms with Gasteiger partial charge in [-0.25, -0.2) is 4.98 Å². The van der Waals surface area contributed by atoms with Gasteiger partial charge in [-0.3, -0.25) is 9.59 Å². The normalized spacial score (nSPS) is 21.7. The summed E-state index contributed by atoms with van der Waals surface area (Å²) in [5, 5.41) is 0. The second-order valence-corrected chi connectivity index (χ2v) is 5.93. The lowest BCUT2D eigenvalue weighted by Gasteiger charge is -2.36. The van der Waals surface area contributed by atoms with Crippen LogP contribution in [0.4, 0.5) is 0 Å². The number of carbonyl (C=O) groups excluding carboxylic acids is 2. The quantitative estimate of drug-likeness (QED) is 0.737. The molecule has 0 bridgehead atoms. The fraction of sp³-hybridized carbons (Fsp3) is 0.667. The molecule has 0 N–H and O–H groups in total. The van der Waals surface area contributed by atoms with E-state index in [1.807, 2.05) is 6.92 Å². The molecule has 0 radical (unpaired) electrons. The molecule has 0 aliphatic carbocycles. The number of rotatable bonds is 1. The van der Waals surface area contributed by atoms with Crippen molar-refractivity contribution in [1.82, 2.24) is 19.4 Å². The zero-order valence-electron chi connectivity index (χ0n) is 13.3. The van der Waals surface area contributed by atoms with Crippen molar-refractivity contribution < 1.29 is 14.3 Å². The van der Waals surface area contributed by atoms with Gasteiger partial charge in [0.1, 0.15) is 5.82 Å².